The van der Waals surface area contributed by atoms with Crippen molar-refractivity contribution in [2.45, 2.75) is 51.4 Å². The van der Waals surface area contributed by atoms with Crippen LogP contribution in [-0.2, 0) is 14.3 Å². The first-order valence-corrected chi connectivity index (χ1v) is 13.2. The molecule has 1 N–H and O–H groups in total. The van der Waals surface area contributed by atoms with E-state index in [0.717, 1.165) is 47.6 Å². The van der Waals surface area contributed by atoms with Crippen LogP contribution >= 0.6 is 23.1 Å². The van der Waals surface area contributed by atoms with E-state index < -0.39 is 11.9 Å². The predicted octanol–water partition coefficient (Wildman–Crippen LogP) is 5.14. The zero-order valence-corrected chi connectivity index (χ0v) is 20.1. The molecule has 4 saturated carbocycles. The van der Waals surface area contributed by atoms with Crippen LogP contribution in [0.5, 0.6) is 0 Å². The van der Waals surface area contributed by atoms with Crippen molar-refractivity contribution in [3.05, 3.63) is 44.9 Å². The molecule has 5 aliphatic rings. The van der Waals surface area contributed by atoms with E-state index in [-0.39, 0.29) is 5.41 Å². The molecule has 1 aromatic heterocycles. The lowest BCUT2D eigenvalue weighted by atomic mass is 9.50. The second-order valence-electron chi connectivity index (χ2n) is 9.88. The van der Waals surface area contributed by atoms with Gasteiger partial charge in [0.25, 0.3) is 0 Å². The lowest BCUT2D eigenvalue weighted by molar-refractivity contribution is -0.136. The molecular weight excluding hydrogens is 440 g/mol. The van der Waals surface area contributed by atoms with Gasteiger partial charge in [-0.15, -0.1) is 11.3 Å². The monoisotopic (exact) mass is 468 g/mol. The van der Waals surface area contributed by atoms with Gasteiger partial charge in [-0.1, -0.05) is 17.8 Å². The fourth-order valence-electron chi connectivity index (χ4n) is 6.91. The Morgan fingerprint density at radius 2 is 1.91 bits per heavy atom. The smallest absolute Gasteiger partial charge is 0.336 e. The number of hydrogen-bond donors (Lipinski definition) is 1. The minimum absolute atomic E-state index is 0.156. The molecule has 2 heterocycles. The van der Waals surface area contributed by atoms with Crippen molar-refractivity contribution in [1.29, 1.82) is 5.26 Å². The number of esters is 1. The van der Waals surface area contributed by atoms with Gasteiger partial charge >= 0.3 is 5.97 Å². The minimum atomic E-state index is -0.459. The minimum Gasteiger partial charge on any atom is -0.466 e. The molecule has 32 heavy (non-hydrogen) atoms. The fourth-order valence-corrected chi connectivity index (χ4v) is 8.82. The van der Waals surface area contributed by atoms with Crippen LogP contribution < -0.4 is 5.32 Å². The van der Waals surface area contributed by atoms with Crippen LogP contribution in [0.1, 0.15) is 56.2 Å². The molecule has 4 aliphatic carbocycles. The third-order valence-electron chi connectivity index (χ3n) is 7.82. The second kappa shape index (κ2) is 8.39. The highest BCUT2D eigenvalue weighted by molar-refractivity contribution is 8.13. The molecule has 1 aromatic rings. The van der Waals surface area contributed by atoms with Gasteiger partial charge in [-0.3, -0.25) is 4.79 Å². The van der Waals surface area contributed by atoms with Crippen molar-refractivity contribution >= 4 is 34.2 Å². The molecule has 0 radical (unpaired) electrons. The van der Waals surface area contributed by atoms with Crippen molar-refractivity contribution in [1.82, 2.24) is 5.32 Å². The average Bonchev–Trinajstić information content (AvgIpc) is 3.30. The van der Waals surface area contributed by atoms with Crippen molar-refractivity contribution in [3.63, 3.8) is 0 Å². The van der Waals surface area contributed by atoms with Gasteiger partial charge in [0.05, 0.1) is 30.2 Å². The third-order valence-corrected chi connectivity index (χ3v) is 9.88. The number of dihydropyridines is 1. The van der Waals surface area contributed by atoms with E-state index in [1.165, 1.54) is 49.5 Å². The van der Waals surface area contributed by atoms with Gasteiger partial charge in [0.1, 0.15) is 0 Å². The Kier molecular flexibility index (Phi) is 5.71. The van der Waals surface area contributed by atoms with Crippen LogP contribution in [-0.4, -0.2) is 23.9 Å². The lowest BCUT2D eigenvalue weighted by Crippen LogP contribution is -2.49. The largest absolute Gasteiger partial charge is 0.466 e. The molecule has 1 atom stereocenters. The Morgan fingerprint density at radius 1 is 1.25 bits per heavy atom. The Labute approximate surface area is 197 Å². The lowest BCUT2D eigenvalue weighted by Gasteiger charge is -2.55. The predicted molar refractivity (Wildman–Crippen MR) is 126 cm³/mol. The number of nitriles is 1. The first-order chi connectivity index (χ1) is 15.4. The maximum absolute atomic E-state index is 13.5. The summed E-state index contributed by atoms with van der Waals surface area (Å²) in [5.74, 6) is 1.71. The fraction of sp³-hybridized carbons (Fsp3) is 0.560. The first kappa shape index (κ1) is 21.8. The molecular formula is C25H28N2O3S2. The van der Waals surface area contributed by atoms with Crippen LogP contribution in [0.15, 0.2) is 40.1 Å². The summed E-state index contributed by atoms with van der Waals surface area (Å²) in [5.41, 5.74) is 2.24. The molecule has 7 heteroatoms. The molecule has 168 valence electrons. The van der Waals surface area contributed by atoms with Crippen molar-refractivity contribution in [2.75, 3.05) is 12.9 Å². The number of hydrogen-bond acceptors (Lipinski definition) is 7. The maximum Gasteiger partial charge on any atom is 0.336 e. The molecule has 1 aliphatic heterocycles. The zero-order chi connectivity index (χ0) is 22.5. The van der Waals surface area contributed by atoms with Crippen LogP contribution in [0.3, 0.4) is 0 Å². The van der Waals surface area contributed by atoms with E-state index in [0.29, 0.717) is 27.7 Å². The van der Waals surface area contributed by atoms with Crippen LogP contribution in [0, 0.1) is 34.5 Å². The number of thioether (sulfide) groups is 1. The second-order valence-corrected chi connectivity index (χ2v) is 11.8. The summed E-state index contributed by atoms with van der Waals surface area (Å²) in [6.45, 7) is 1.84. The Bertz CT molecular complexity index is 1010. The van der Waals surface area contributed by atoms with E-state index >= 15 is 0 Å². The van der Waals surface area contributed by atoms with E-state index in [9.17, 15) is 14.9 Å². The number of methoxy groups -OCH3 is 1. The van der Waals surface area contributed by atoms with E-state index in [4.69, 9.17) is 4.74 Å². The van der Waals surface area contributed by atoms with Crippen LogP contribution in [0.25, 0.3) is 0 Å². The number of thiophene rings is 1. The number of nitrogens with zero attached hydrogens (tertiary/aromatic N) is 1. The number of carbonyl (C=O) groups is 2. The SMILES string of the molecule is COC(=O)C1=C(C)NC(CSC(=O)C23CC4CC(CC(C4)C2)C3)=C(C#N)C1c1cccs1. The third kappa shape index (κ3) is 3.62. The van der Waals surface area contributed by atoms with Gasteiger partial charge in [-0.2, -0.15) is 5.26 Å². The van der Waals surface area contributed by atoms with Crippen LogP contribution in [0.2, 0.25) is 0 Å². The van der Waals surface area contributed by atoms with E-state index in [1.807, 2.05) is 24.4 Å². The molecule has 6 rings (SSSR count). The quantitative estimate of drug-likeness (QED) is 0.603. The van der Waals surface area contributed by atoms with Crippen molar-refractivity contribution in [3.8, 4) is 6.07 Å². The highest BCUT2D eigenvalue weighted by atomic mass is 32.2. The molecule has 4 bridgehead atoms. The number of ether oxygens (including phenoxy) is 1. The molecule has 0 aromatic carbocycles. The van der Waals surface area contributed by atoms with E-state index in [2.05, 4.69) is 11.4 Å². The van der Waals surface area contributed by atoms with Gasteiger partial charge in [0, 0.05) is 27.4 Å². The summed E-state index contributed by atoms with van der Waals surface area (Å²) < 4.78 is 5.03. The molecule has 1 unspecified atom stereocenters. The number of allylic oxidation sites excluding steroid dienone is 2. The maximum atomic E-state index is 13.5. The normalized spacial score (nSPS) is 33.2. The summed E-state index contributed by atoms with van der Waals surface area (Å²) >= 11 is 2.88. The summed E-state index contributed by atoms with van der Waals surface area (Å²) in [7, 11) is 1.36. The Balaban J connectivity index is 1.40. The van der Waals surface area contributed by atoms with Crippen molar-refractivity contribution in [2.24, 2.45) is 23.2 Å². The summed E-state index contributed by atoms with van der Waals surface area (Å²) in [6.07, 6.45) is 7.07. The van der Waals surface area contributed by atoms with Crippen molar-refractivity contribution < 1.29 is 14.3 Å². The van der Waals surface area contributed by atoms with Gasteiger partial charge in [-0.05, 0) is 74.6 Å². The molecule has 0 saturated heterocycles. The standard InChI is InChI=1S/C25H28N2O3S2/c1-14-21(23(28)30-2)22(20-4-3-5-31-20)18(12-26)19(27-14)13-32-24(29)25-9-15-6-16(10-25)8-17(7-15)11-25/h3-5,15-17,22,27H,6-11,13H2,1-2H3. The van der Waals surface area contributed by atoms with Gasteiger partial charge in [0.15, 0.2) is 5.12 Å². The van der Waals surface area contributed by atoms with Gasteiger partial charge in [-0.25, -0.2) is 4.79 Å². The molecule has 0 spiro atoms. The molecule has 4 fully saturated rings. The molecule has 5 nitrogen and oxygen atoms in total. The van der Waals surface area contributed by atoms with Crippen LogP contribution in [0.4, 0.5) is 0 Å². The van der Waals surface area contributed by atoms with E-state index in [1.54, 1.807) is 0 Å². The first-order valence-electron chi connectivity index (χ1n) is 11.3. The average molecular weight is 469 g/mol. The Hall–Kier alpha value is -2.04. The number of carbonyl (C=O) groups excluding carboxylic acids is 2. The summed E-state index contributed by atoms with van der Waals surface area (Å²) in [5, 5.41) is 15.6. The number of nitrogens with one attached hydrogen (secondary N) is 1. The van der Waals surface area contributed by atoms with Gasteiger partial charge in [0.2, 0.25) is 0 Å². The summed E-state index contributed by atoms with van der Waals surface area (Å²) in [6, 6.07) is 6.21. The Morgan fingerprint density at radius 3 is 2.44 bits per heavy atom. The topological polar surface area (TPSA) is 79.2 Å². The molecule has 0 amide bonds. The summed E-state index contributed by atoms with van der Waals surface area (Å²) in [4.78, 5) is 27.0. The highest BCUT2D eigenvalue weighted by Gasteiger charge is 2.54. The highest BCUT2D eigenvalue weighted by Crippen LogP contribution is 2.61. The zero-order valence-electron chi connectivity index (χ0n) is 18.5. The van der Waals surface area contributed by atoms with Gasteiger partial charge < -0.3 is 10.1 Å². The number of rotatable bonds is 5.